The molecule has 0 aromatic carbocycles. The van der Waals surface area contributed by atoms with Gasteiger partial charge in [-0.2, -0.15) is 0 Å². The van der Waals surface area contributed by atoms with Crippen molar-refractivity contribution in [1.82, 2.24) is 0 Å². The summed E-state index contributed by atoms with van der Waals surface area (Å²) in [5.74, 6) is 0. The van der Waals surface area contributed by atoms with Gasteiger partial charge in [-0.05, 0) is 83.5 Å². The molecule has 37 heavy (non-hydrogen) atoms. The smallest absolute Gasteiger partial charge is 0.293 e. The Labute approximate surface area is 232 Å². The molecule has 0 heterocycles. The highest BCUT2D eigenvalue weighted by Crippen LogP contribution is 2.17. The van der Waals surface area contributed by atoms with Gasteiger partial charge in [-0.15, -0.1) is 0 Å². The van der Waals surface area contributed by atoms with Gasteiger partial charge in [-0.1, -0.05) is 127 Å². The maximum absolute atomic E-state index is 10.9. The summed E-state index contributed by atoms with van der Waals surface area (Å²) >= 11 is 0. The Bertz CT molecular complexity index is 558. The van der Waals surface area contributed by atoms with Gasteiger partial charge in [0, 0.05) is 0 Å². The van der Waals surface area contributed by atoms with Gasteiger partial charge >= 0.3 is 0 Å². The van der Waals surface area contributed by atoms with E-state index in [0.29, 0.717) is 6.47 Å². The van der Waals surface area contributed by atoms with Crippen LogP contribution in [-0.2, 0) is 9.53 Å². The highest BCUT2D eigenvalue weighted by atomic mass is 16.5. The minimum absolute atomic E-state index is 0.134. The van der Waals surface area contributed by atoms with Gasteiger partial charge in [-0.3, -0.25) is 4.79 Å². The summed E-state index contributed by atoms with van der Waals surface area (Å²) in [5.41, 5.74) is 0. The highest BCUT2D eigenvalue weighted by Gasteiger charge is 2.08. The van der Waals surface area contributed by atoms with Crippen molar-refractivity contribution < 1.29 is 9.53 Å². The minimum Gasteiger partial charge on any atom is -0.465 e. The van der Waals surface area contributed by atoms with E-state index in [2.05, 4.69) is 62.5 Å². The number of carbonyl (C=O) groups excluding carboxylic acids is 1. The summed E-state index contributed by atoms with van der Waals surface area (Å²) in [4.78, 5) is 10.9. The summed E-state index contributed by atoms with van der Waals surface area (Å²) in [7, 11) is 0. The fraction of sp³-hybridized carbons (Fsp3) is 0.743. The van der Waals surface area contributed by atoms with Gasteiger partial charge in [0.25, 0.3) is 6.47 Å². The molecule has 1 atom stereocenters. The first-order valence-electron chi connectivity index (χ1n) is 16.0. The van der Waals surface area contributed by atoms with E-state index in [1.165, 1.54) is 116 Å². The Morgan fingerprint density at radius 2 is 0.892 bits per heavy atom. The summed E-state index contributed by atoms with van der Waals surface area (Å²) in [6.45, 7) is 5.09. The lowest BCUT2D eigenvalue weighted by molar-refractivity contribution is -0.134. The average molecular weight is 515 g/mol. The maximum atomic E-state index is 10.9. The predicted molar refractivity (Wildman–Crippen MR) is 165 cm³/mol. The molecule has 0 fully saturated rings. The van der Waals surface area contributed by atoms with E-state index in [1.807, 2.05) is 0 Å². The molecule has 0 radical (unpaired) electrons. The zero-order chi connectivity index (χ0) is 26.9. The molecule has 0 saturated heterocycles. The molecule has 2 nitrogen and oxygen atoms in total. The van der Waals surface area contributed by atoms with Crippen molar-refractivity contribution in [3.63, 3.8) is 0 Å². The van der Waals surface area contributed by atoms with Gasteiger partial charge in [0.1, 0.15) is 6.10 Å². The van der Waals surface area contributed by atoms with E-state index in [0.717, 1.165) is 32.1 Å². The lowest BCUT2D eigenvalue weighted by atomic mass is 10.0. The zero-order valence-electron chi connectivity index (χ0n) is 24.9. The molecular weight excluding hydrogens is 452 g/mol. The van der Waals surface area contributed by atoms with Crippen LogP contribution in [0.15, 0.2) is 48.6 Å². The Hall–Kier alpha value is -1.57. The van der Waals surface area contributed by atoms with E-state index in [-0.39, 0.29) is 6.10 Å². The number of carbonyl (C=O) groups is 1. The second-order valence-electron chi connectivity index (χ2n) is 10.5. The summed E-state index contributed by atoms with van der Waals surface area (Å²) in [6, 6.07) is 0. The number of hydrogen-bond donors (Lipinski definition) is 0. The second-order valence-corrected chi connectivity index (χ2v) is 10.5. The number of hydrogen-bond acceptors (Lipinski definition) is 2. The molecule has 0 aromatic heterocycles. The van der Waals surface area contributed by atoms with E-state index >= 15 is 0 Å². The van der Waals surface area contributed by atoms with Crippen molar-refractivity contribution in [2.75, 3.05) is 0 Å². The van der Waals surface area contributed by atoms with Crippen LogP contribution in [0.1, 0.15) is 162 Å². The van der Waals surface area contributed by atoms with Gasteiger partial charge in [0.2, 0.25) is 0 Å². The molecular formula is C35H62O2. The molecule has 2 heteroatoms. The summed E-state index contributed by atoms with van der Waals surface area (Å²) in [6.07, 6.45) is 47.0. The first-order valence-corrected chi connectivity index (χ1v) is 16.0. The largest absolute Gasteiger partial charge is 0.465 e. The molecule has 1 unspecified atom stereocenters. The molecule has 0 N–H and O–H groups in total. The highest BCUT2D eigenvalue weighted by molar-refractivity contribution is 5.37. The van der Waals surface area contributed by atoms with Crippen LogP contribution in [0, 0.1) is 0 Å². The zero-order valence-corrected chi connectivity index (χ0v) is 24.9. The topological polar surface area (TPSA) is 26.3 Å². The summed E-state index contributed by atoms with van der Waals surface area (Å²) < 4.78 is 5.37. The molecule has 0 aliphatic rings. The first kappa shape index (κ1) is 35.4. The Morgan fingerprint density at radius 3 is 1.32 bits per heavy atom. The Morgan fingerprint density at radius 1 is 0.486 bits per heavy atom. The van der Waals surface area contributed by atoms with Crippen molar-refractivity contribution in [3.05, 3.63) is 48.6 Å². The third kappa shape index (κ3) is 30.5. The van der Waals surface area contributed by atoms with Crippen molar-refractivity contribution >= 4 is 6.47 Å². The molecule has 0 aliphatic heterocycles. The van der Waals surface area contributed by atoms with Crippen LogP contribution in [0.3, 0.4) is 0 Å². The van der Waals surface area contributed by atoms with Crippen molar-refractivity contribution in [2.45, 2.75) is 168 Å². The molecule has 0 saturated carbocycles. The van der Waals surface area contributed by atoms with Crippen LogP contribution < -0.4 is 0 Å². The van der Waals surface area contributed by atoms with E-state index < -0.39 is 0 Å². The standard InChI is InChI=1S/C35H62O2/c1-3-5-7-9-11-13-15-17-18-19-21-23-25-27-29-31-33-35(37-34-36)32-30-28-26-24-22-20-16-14-12-10-8-6-4-2/h6,8,11-14,17-18,34-35H,3-5,7,9-10,15-16,19-33H2,1-2H3. The molecule has 0 spiro atoms. The Balaban J connectivity index is 3.52. The molecule has 0 aromatic rings. The van der Waals surface area contributed by atoms with Crippen LogP contribution in [-0.4, -0.2) is 12.6 Å². The Kier molecular flexibility index (Phi) is 31.1. The number of unbranched alkanes of at least 4 members (excludes halogenated alkanes) is 15. The monoisotopic (exact) mass is 514 g/mol. The van der Waals surface area contributed by atoms with Gasteiger partial charge < -0.3 is 4.74 Å². The van der Waals surface area contributed by atoms with Gasteiger partial charge in [0.05, 0.1) is 0 Å². The molecule has 0 rings (SSSR count). The average Bonchev–Trinajstić information content (AvgIpc) is 2.91. The van der Waals surface area contributed by atoms with Crippen LogP contribution >= 0.6 is 0 Å². The van der Waals surface area contributed by atoms with E-state index in [4.69, 9.17) is 4.74 Å². The molecule has 0 bridgehead atoms. The molecule has 0 amide bonds. The number of allylic oxidation sites excluding steroid dienone is 8. The molecule has 0 aliphatic carbocycles. The third-order valence-corrected chi connectivity index (χ3v) is 6.96. The third-order valence-electron chi connectivity index (χ3n) is 6.96. The quantitative estimate of drug-likeness (QED) is 0.0563. The van der Waals surface area contributed by atoms with Crippen molar-refractivity contribution in [3.8, 4) is 0 Å². The van der Waals surface area contributed by atoms with Gasteiger partial charge in [-0.25, -0.2) is 0 Å². The first-order chi connectivity index (χ1) is 18.3. The van der Waals surface area contributed by atoms with Crippen LogP contribution in [0.4, 0.5) is 0 Å². The normalized spacial score (nSPS) is 13.0. The van der Waals surface area contributed by atoms with Crippen molar-refractivity contribution in [2.24, 2.45) is 0 Å². The number of rotatable bonds is 29. The van der Waals surface area contributed by atoms with Crippen molar-refractivity contribution in [1.29, 1.82) is 0 Å². The fourth-order valence-electron chi connectivity index (χ4n) is 4.62. The summed E-state index contributed by atoms with van der Waals surface area (Å²) in [5, 5.41) is 0. The molecule has 214 valence electrons. The van der Waals surface area contributed by atoms with Gasteiger partial charge in [0.15, 0.2) is 0 Å². The minimum atomic E-state index is 0.134. The lowest BCUT2D eigenvalue weighted by Gasteiger charge is -2.15. The number of ether oxygens (including phenoxy) is 1. The van der Waals surface area contributed by atoms with E-state index in [9.17, 15) is 4.79 Å². The van der Waals surface area contributed by atoms with Crippen LogP contribution in [0.25, 0.3) is 0 Å². The van der Waals surface area contributed by atoms with E-state index in [1.54, 1.807) is 0 Å². The predicted octanol–water partition coefficient (Wildman–Crippen LogP) is 11.8. The maximum Gasteiger partial charge on any atom is 0.293 e. The SMILES string of the molecule is CCC=CCC=CCCCCCCCCC(CCCCCCCCC=CCC=CCCCCC)OC=O. The fourth-order valence-corrected chi connectivity index (χ4v) is 4.62. The van der Waals surface area contributed by atoms with Crippen LogP contribution in [0.5, 0.6) is 0 Å². The van der Waals surface area contributed by atoms with Crippen LogP contribution in [0.2, 0.25) is 0 Å². The second kappa shape index (κ2) is 32.5. The lowest BCUT2D eigenvalue weighted by Crippen LogP contribution is -2.12.